The molecular formula is C17H18O. The third-order valence-electron chi connectivity index (χ3n) is 5.45. The van der Waals surface area contributed by atoms with Crippen molar-refractivity contribution < 1.29 is 4.79 Å². The number of hydrogen-bond donors (Lipinski definition) is 0. The maximum absolute atomic E-state index is 12.8. The van der Waals surface area contributed by atoms with E-state index in [0.717, 1.165) is 0 Å². The Morgan fingerprint density at radius 1 is 1.06 bits per heavy atom. The van der Waals surface area contributed by atoms with Crippen molar-refractivity contribution in [3.8, 4) is 0 Å². The van der Waals surface area contributed by atoms with E-state index < -0.39 is 0 Å². The Kier molecular flexibility index (Phi) is 2.09. The summed E-state index contributed by atoms with van der Waals surface area (Å²) < 4.78 is 0. The van der Waals surface area contributed by atoms with Crippen molar-refractivity contribution in [2.24, 2.45) is 29.6 Å². The van der Waals surface area contributed by atoms with Gasteiger partial charge in [0.1, 0.15) is 5.78 Å². The number of benzene rings is 1. The molecule has 92 valence electrons. The summed E-state index contributed by atoms with van der Waals surface area (Å²) in [7, 11) is 0. The van der Waals surface area contributed by atoms with E-state index in [2.05, 4.69) is 43.3 Å². The van der Waals surface area contributed by atoms with E-state index in [9.17, 15) is 4.79 Å². The van der Waals surface area contributed by atoms with Crippen LogP contribution in [-0.4, -0.2) is 5.78 Å². The number of Topliss-reactive ketones (excluding diaryl/α,β-unsaturated/α-hetero) is 1. The van der Waals surface area contributed by atoms with Gasteiger partial charge in [-0.2, -0.15) is 0 Å². The normalized spacial score (nSPS) is 44.6. The second-order valence-electron chi connectivity index (χ2n) is 6.20. The Bertz CT molecular complexity index is 516. The average Bonchev–Trinajstić information content (AvgIpc) is 3.05. The molecule has 18 heavy (non-hydrogen) atoms. The van der Waals surface area contributed by atoms with Crippen LogP contribution in [0.4, 0.5) is 0 Å². The van der Waals surface area contributed by atoms with Gasteiger partial charge >= 0.3 is 0 Å². The monoisotopic (exact) mass is 238 g/mol. The Morgan fingerprint density at radius 2 is 1.78 bits per heavy atom. The van der Waals surface area contributed by atoms with Crippen LogP contribution in [0.15, 0.2) is 42.5 Å². The maximum Gasteiger partial charge on any atom is 0.144 e. The van der Waals surface area contributed by atoms with Gasteiger partial charge in [-0.05, 0) is 35.7 Å². The van der Waals surface area contributed by atoms with Crippen LogP contribution >= 0.6 is 0 Å². The van der Waals surface area contributed by atoms with Crippen LogP contribution in [0.1, 0.15) is 24.8 Å². The zero-order valence-corrected chi connectivity index (χ0v) is 10.6. The summed E-state index contributed by atoms with van der Waals surface area (Å²) in [6.07, 6.45) is 5.89. The lowest BCUT2D eigenvalue weighted by atomic mass is 9.80. The number of rotatable bonds is 1. The summed E-state index contributed by atoms with van der Waals surface area (Å²) in [4.78, 5) is 12.8. The Balaban J connectivity index is 1.75. The third-order valence-corrected chi connectivity index (χ3v) is 5.45. The van der Waals surface area contributed by atoms with Gasteiger partial charge in [-0.15, -0.1) is 0 Å². The molecule has 6 atom stereocenters. The molecule has 1 heteroatoms. The molecule has 0 spiro atoms. The van der Waals surface area contributed by atoms with Gasteiger partial charge in [0, 0.05) is 11.8 Å². The van der Waals surface area contributed by atoms with Crippen LogP contribution in [0.2, 0.25) is 0 Å². The molecule has 1 aromatic carbocycles. The van der Waals surface area contributed by atoms with Crippen molar-refractivity contribution in [1.82, 2.24) is 0 Å². The number of fused-ring (bicyclic) bond motifs is 5. The van der Waals surface area contributed by atoms with Crippen molar-refractivity contribution in [1.29, 1.82) is 0 Å². The van der Waals surface area contributed by atoms with Crippen molar-refractivity contribution in [2.75, 3.05) is 0 Å². The fourth-order valence-electron chi connectivity index (χ4n) is 4.79. The molecule has 0 aliphatic heterocycles. The number of ketones is 1. The molecule has 3 aliphatic rings. The zero-order chi connectivity index (χ0) is 12.3. The molecule has 2 fully saturated rings. The average molecular weight is 238 g/mol. The van der Waals surface area contributed by atoms with Crippen molar-refractivity contribution in [2.45, 2.75) is 19.3 Å². The lowest BCUT2D eigenvalue weighted by molar-refractivity contribution is -0.123. The van der Waals surface area contributed by atoms with Crippen LogP contribution in [0, 0.1) is 29.6 Å². The fourth-order valence-corrected chi connectivity index (χ4v) is 4.79. The Hall–Kier alpha value is -1.37. The van der Waals surface area contributed by atoms with E-state index in [1.807, 2.05) is 6.07 Å². The molecule has 0 aromatic heterocycles. The van der Waals surface area contributed by atoms with Gasteiger partial charge in [0.2, 0.25) is 0 Å². The predicted octanol–water partition coefficient (Wildman–Crippen LogP) is 3.43. The fraction of sp³-hybridized carbons (Fsp3) is 0.471. The van der Waals surface area contributed by atoms with E-state index in [-0.39, 0.29) is 5.92 Å². The van der Waals surface area contributed by atoms with E-state index in [4.69, 9.17) is 0 Å². The smallest absolute Gasteiger partial charge is 0.144 e. The minimum absolute atomic E-state index is 0.145. The van der Waals surface area contributed by atoms with Gasteiger partial charge < -0.3 is 0 Å². The summed E-state index contributed by atoms with van der Waals surface area (Å²) >= 11 is 0. The quantitative estimate of drug-likeness (QED) is 0.685. The number of carbonyl (C=O) groups is 1. The molecule has 0 saturated heterocycles. The lowest BCUT2D eigenvalue weighted by Gasteiger charge is -2.23. The molecule has 2 saturated carbocycles. The summed E-state index contributed by atoms with van der Waals surface area (Å²) in [5, 5.41) is 0. The van der Waals surface area contributed by atoms with Gasteiger partial charge in [0.25, 0.3) is 0 Å². The molecule has 0 radical (unpaired) electrons. The van der Waals surface area contributed by atoms with Gasteiger partial charge in [0.15, 0.2) is 0 Å². The van der Waals surface area contributed by atoms with Gasteiger partial charge in [0.05, 0.1) is 0 Å². The largest absolute Gasteiger partial charge is 0.299 e. The maximum atomic E-state index is 12.8. The molecule has 1 aromatic rings. The highest BCUT2D eigenvalue weighted by Crippen LogP contribution is 2.59. The highest BCUT2D eigenvalue weighted by Gasteiger charge is 2.58. The third kappa shape index (κ3) is 1.20. The van der Waals surface area contributed by atoms with Crippen LogP contribution in [0.25, 0.3) is 0 Å². The van der Waals surface area contributed by atoms with E-state index in [1.165, 1.54) is 12.0 Å². The zero-order valence-electron chi connectivity index (χ0n) is 10.6. The molecule has 0 N–H and O–H groups in total. The molecule has 0 amide bonds. The summed E-state index contributed by atoms with van der Waals surface area (Å²) in [5.74, 6) is 3.31. The SMILES string of the molecule is C[C@@H]1[C@@H]2[C@H](C(=O)[C@H]1c1ccccc1)[C@H]1C=C[C@@H]2C1. The Morgan fingerprint density at radius 3 is 2.50 bits per heavy atom. The first-order chi connectivity index (χ1) is 8.77. The minimum Gasteiger partial charge on any atom is -0.299 e. The first-order valence-electron chi connectivity index (χ1n) is 7.04. The second kappa shape index (κ2) is 3.57. The van der Waals surface area contributed by atoms with Crippen LogP contribution < -0.4 is 0 Å². The number of carbonyl (C=O) groups excluding carboxylic acids is 1. The standard InChI is InChI=1S/C17H18O/c1-10-14-12-7-8-13(9-12)16(14)17(18)15(10)11-5-3-2-4-6-11/h2-8,10,12-16H,9H2,1H3/t10-,12-,13+,14+,15-,16-/m1/s1. The molecule has 4 rings (SSSR count). The van der Waals surface area contributed by atoms with Crippen molar-refractivity contribution >= 4 is 5.78 Å². The highest BCUT2D eigenvalue weighted by molar-refractivity contribution is 5.92. The van der Waals surface area contributed by atoms with E-state index in [0.29, 0.717) is 35.4 Å². The minimum atomic E-state index is 0.145. The van der Waals surface area contributed by atoms with Crippen molar-refractivity contribution in [3.05, 3.63) is 48.0 Å². The molecule has 2 bridgehead atoms. The van der Waals surface area contributed by atoms with Gasteiger partial charge in [-0.1, -0.05) is 49.4 Å². The second-order valence-corrected chi connectivity index (χ2v) is 6.20. The number of allylic oxidation sites excluding steroid dienone is 2. The first-order valence-corrected chi connectivity index (χ1v) is 7.04. The molecule has 0 unspecified atom stereocenters. The van der Waals surface area contributed by atoms with Crippen LogP contribution in [-0.2, 0) is 4.79 Å². The van der Waals surface area contributed by atoms with E-state index in [1.54, 1.807) is 0 Å². The summed E-state index contributed by atoms with van der Waals surface area (Å²) in [5.41, 5.74) is 1.23. The number of hydrogen-bond acceptors (Lipinski definition) is 1. The molecule has 1 nitrogen and oxygen atoms in total. The topological polar surface area (TPSA) is 17.1 Å². The first kappa shape index (κ1) is 10.5. The van der Waals surface area contributed by atoms with Gasteiger partial charge in [-0.25, -0.2) is 0 Å². The molecule has 0 heterocycles. The highest BCUT2D eigenvalue weighted by atomic mass is 16.1. The van der Waals surface area contributed by atoms with Crippen molar-refractivity contribution in [3.63, 3.8) is 0 Å². The van der Waals surface area contributed by atoms with E-state index >= 15 is 0 Å². The summed E-state index contributed by atoms with van der Waals surface area (Å²) in [6, 6.07) is 10.4. The summed E-state index contributed by atoms with van der Waals surface area (Å²) in [6.45, 7) is 2.29. The van der Waals surface area contributed by atoms with Crippen LogP contribution in [0.5, 0.6) is 0 Å². The lowest BCUT2D eigenvalue weighted by Crippen LogP contribution is -2.21. The Labute approximate surface area is 108 Å². The molecular weight excluding hydrogens is 220 g/mol. The predicted molar refractivity (Wildman–Crippen MR) is 71.1 cm³/mol. The molecule has 3 aliphatic carbocycles. The van der Waals surface area contributed by atoms with Gasteiger partial charge in [-0.3, -0.25) is 4.79 Å². The van der Waals surface area contributed by atoms with Crippen LogP contribution in [0.3, 0.4) is 0 Å².